The molecule has 1 aliphatic rings. The van der Waals surface area contributed by atoms with Gasteiger partial charge in [0.05, 0.1) is 17.2 Å². The third-order valence-electron chi connectivity index (χ3n) is 3.49. The van der Waals surface area contributed by atoms with E-state index in [1.165, 1.54) is 0 Å². The summed E-state index contributed by atoms with van der Waals surface area (Å²) in [4.78, 5) is 39.5. The zero-order valence-electron chi connectivity index (χ0n) is 15.1. The molecule has 2 amide bonds. The van der Waals surface area contributed by atoms with Gasteiger partial charge < -0.3 is 9.64 Å². The number of carbonyl (C=O) groups excluding carboxylic acids is 3. The first-order valence-electron chi connectivity index (χ1n) is 8.07. The van der Waals surface area contributed by atoms with Gasteiger partial charge in [-0.05, 0) is 57.4 Å². The Morgan fingerprint density at radius 1 is 1.35 bits per heavy atom. The van der Waals surface area contributed by atoms with Gasteiger partial charge in [0.25, 0.3) is 11.1 Å². The highest BCUT2D eigenvalue weighted by molar-refractivity contribution is 9.10. The molecule has 0 spiro atoms. The Morgan fingerprint density at radius 2 is 2.04 bits per heavy atom. The summed E-state index contributed by atoms with van der Waals surface area (Å²) in [5.41, 5.74) is 1.79. The molecular formula is C18H21BrN2O4S. The van der Waals surface area contributed by atoms with Crippen molar-refractivity contribution >= 4 is 56.6 Å². The Morgan fingerprint density at radius 3 is 2.62 bits per heavy atom. The second kappa shape index (κ2) is 8.73. The van der Waals surface area contributed by atoms with Gasteiger partial charge in [0.15, 0.2) is 0 Å². The Labute approximate surface area is 165 Å². The molecule has 1 aromatic rings. The van der Waals surface area contributed by atoms with Crippen molar-refractivity contribution in [1.82, 2.24) is 4.90 Å². The summed E-state index contributed by atoms with van der Waals surface area (Å²) in [5, 5.41) is -0.466. The van der Waals surface area contributed by atoms with Crippen molar-refractivity contribution in [2.45, 2.75) is 13.8 Å². The zero-order valence-corrected chi connectivity index (χ0v) is 17.5. The monoisotopic (exact) mass is 440 g/mol. The number of amides is 2. The van der Waals surface area contributed by atoms with E-state index in [-0.39, 0.29) is 24.0 Å². The van der Waals surface area contributed by atoms with Gasteiger partial charge in [0.1, 0.15) is 6.54 Å². The number of halogens is 1. The van der Waals surface area contributed by atoms with Gasteiger partial charge in [-0.3, -0.25) is 19.3 Å². The predicted octanol–water partition coefficient (Wildman–Crippen LogP) is 3.75. The van der Waals surface area contributed by atoms with Crippen molar-refractivity contribution in [2.75, 3.05) is 32.1 Å². The van der Waals surface area contributed by atoms with Crippen molar-refractivity contribution in [3.63, 3.8) is 0 Å². The van der Waals surface area contributed by atoms with Crippen LogP contribution in [0.25, 0.3) is 6.08 Å². The van der Waals surface area contributed by atoms with E-state index in [1.54, 1.807) is 6.08 Å². The Balaban J connectivity index is 2.11. The fourth-order valence-corrected chi connectivity index (χ4v) is 3.79. The van der Waals surface area contributed by atoms with E-state index in [2.05, 4.69) is 15.9 Å². The number of rotatable bonds is 6. The van der Waals surface area contributed by atoms with Crippen LogP contribution in [0, 0.1) is 5.92 Å². The summed E-state index contributed by atoms with van der Waals surface area (Å²) in [7, 11) is 3.87. The molecule has 1 heterocycles. The molecule has 0 aliphatic carbocycles. The van der Waals surface area contributed by atoms with E-state index in [9.17, 15) is 14.4 Å². The molecule has 1 aromatic carbocycles. The van der Waals surface area contributed by atoms with Crippen LogP contribution in [0.5, 0.6) is 0 Å². The average molecular weight is 441 g/mol. The van der Waals surface area contributed by atoms with Gasteiger partial charge in [-0.15, -0.1) is 0 Å². The molecular weight excluding hydrogens is 420 g/mol. The van der Waals surface area contributed by atoms with Crippen molar-refractivity contribution in [3.8, 4) is 0 Å². The van der Waals surface area contributed by atoms with Crippen molar-refractivity contribution < 1.29 is 19.1 Å². The Bertz CT molecular complexity index is 762. The minimum atomic E-state index is -0.583. The van der Waals surface area contributed by atoms with Gasteiger partial charge in [0, 0.05) is 18.6 Å². The molecule has 140 valence electrons. The van der Waals surface area contributed by atoms with Gasteiger partial charge in [-0.1, -0.05) is 19.9 Å². The molecule has 0 saturated carbocycles. The van der Waals surface area contributed by atoms with Crippen LogP contribution in [-0.2, 0) is 14.3 Å². The smallest absolute Gasteiger partial charge is 0.326 e. The molecule has 1 aliphatic heterocycles. The molecule has 8 heteroatoms. The maximum atomic E-state index is 12.4. The van der Waals surface area contributed by atoms with E-state index in [0.717, 1.165) is 32.4 Å². The highest BCUT2D eigenvalue weighted by atomic mass is 79.9. The van der Waals surface area contributed by atoms with Crippen LogP contribution in [0.1, 0.15) is 19.4 Å². The molecule has 26 heavy (non-hydrogen) atoms. The molecule has 0 radical (unpaired) electrons. The van der Waals surface area contributed by atoms with Crippen molar-refractivity contribution in [3.05, 3.63) is 33.1 Å². The fourth-order valence-electron chi connectivity index (χ4n) is 2.20. The topological polar surface area (TPSA) is 66.9 Å². The van der Waals surface area contributed by atoms with Crippen LogP contribution < -0.4 is 4.90 Å². The highest BCUT2D eigenvalue weighted by Gasteiger charge is 2.36. The van der Waals surface area contributed by atoms with Crippen LogP contribution in [0.3, 0.4) is 0 Å². The Hall–Kier alpha value is -1.80. The predicted molar refractivity (Wildman–Crippen MR) is 107 cm³/mol. The van der Waals surface area contributed by atoms with Gasteiger partial charge in [-0.25, -0.2) is 0 Å². The van der Waals surface area contributed by atoms with Crippen LogP contribution in [0.15, 0.2) is 27.6 Å². The van der Waals surface area contributed by atoms with Crippen molar-refractivity contribution in [1.29, 1.82) is 0 Å². The minimum Gasteiger partial charge on any atom is -0.464 e. The summed E-state index contributed by atoms with van der Waals surface area (Å²) in [6.07, 6.45) is 1.65. The number of hydrogen-bond acceptors (Lipinski definition) is 6. The molecule has 0 unspecified atom stereocenters. The highest BCUT2D eigenvalue weighted by Crippen LogP contribution is 2.33. The average Bonchev–Trinajstić information content (AvgIpc) is 2.80. The fraction of sp³-hybridized carbons (Fsp3) is 0.389. The molecule has 0 bridgehead atoms. The van der Waals surface area contributed by atoms with Crippen LogP contribution in [0.2, 0.25) is 0 Å². The lowest BCUT2D eigenvalue weighted by atomic mass is 10.2. The SMILES string of the molecule is CC(C)COC(=O)CN1C(=O)S/C(=C\c2ccc(N(C)C)c(Br)c2)C1=O. The van der Waals surface area contributed by atoms with Crippen LogP contribution >= 0.6 is 27.7 Å². The van der Waals surface area contributed by atoms with E-state index >= 15 is 0 Å². The van der Waals surface area contributed by atoms with Crippen LogP contribution in [0.4, 0.5) is 10.5 Å². The lowest BCUT2D eigenvalue weighted by Gasteiger charge is -2.14. The lowest BCUT2D eigenvalue weighted by molar-refractivity contribution is -0.147. The van der Waals surface area contributed by atoms with E-state index in [1.807, 2.05) is 51.0 Å². The molecule has 0 aromatic heterocycles. The first-order valence-corrected chi connectivity index (χ1v) is 9.68. The molecule has 1 saturated heterocycles. The van der Waals surface area contributed by atoms with Gasteiger partial charge in [-0.2, -0.15) is 0 Å². The molecule has 0 N–H and O–H groups in total. The van der Waals surface area contributed by atoms with E-state index in [0.29, 0.717) is 0 Å². The summed E-state index contributed by atoms with van der Waals surface area (Å²) in [6, 6.07) is 5.66. The van der Waals surface area contributed by atoms with Gasteiger partial charge in [0.2, 0.25) is 0 Å². The van der Waals surface area contributed by atoms with Crippen molar-refractivity contribution in [2.24, 2.45) is 5.92 Å². The summed E-state index contributed by atoms with van der Waals surface area (Å²) >= 11 is 4.32. The number of esters is 1. The quantitative estimate of drug-likeness (QED) is 0.495. The molecule has 6 nitrogen and oxygen atoms in total. The number of carbonyl (C=O) groups is 3. The van der Waals surface area contributed by atoms with Crippen LogP contribution in [-0.4, -0.2) is 49.3 Å². The second-order valence-corrected chi connectivity index (χ2v) is 8.30. The number of thioether (sulfide) groups is 1. The van der Waals surface area contributed by atoms with E-state index < -0.39 is 17.1 Å². The maximum absolute atomic E-state index is 12.4. The van der Waals surface area contributed by atoms with Gasteiger partial charge >= 0.3 is 5.97 Å². The van der Waals surface area contributed by atoms with E-state index in [4.69, 9.17) is 4.74 Å². The Kier molecular flexibility index (Phi) is 6.88. The first kappa shape index (κ1) is 20.5. The molecule has 1 fully saturated rings. The second-order valence-electron chi connectivity index (χ2n) is 6.45. The largest absolute Gasteiger partial charge is 0.464 e. The maximum Gasteiger partial charge on any atom is 0.326 e. The third kappa shape index (κ3) is 5.11. The number of benzene rings is 1. The number of anilines is 1. The standard InChI is InChI=1S/C18H21BrN2O4S/c1-11(2)10-25-16(22)9-21-17(23)15(26-18(21)24)8-12-5-6-14(20(3)4)13(19)7-12/h5-8,11H,9-10H2,1-4H3/b15-8-. The number of ether oxygens (including phenoxy) is 1. The lowest BCUT2D eigenvalue weighted by Crippen LogP contribution is -2.34. The number of imide groups is 1. The summed E-state index contributed by atoms with van der Waals surface area (Å²) in [5.74, 6) is -0.869. The minimum absolute atomic E-state index is 0.192. The third-order valence-corrected chi connectivity index (χ3v) is 5.03. The normalized spacial score (nSPS) is 15.9. The summed E-state index contributed by atoms with van der Waals surface area (Å²) < 4.78 is 5.92. The zero-order chi connectivity index (χ0) is 19.4. The first-order chi connectivity index (χ1) is 12.2. The summed E-state index contributed by atoms with van der Waals surface area (Å²) in [6.45, 7) is 3.72. The number of nitrogens with zero attached hydrogens (tertiary/aromatic N) is 2. The molecule has 2 rings (SSSR count). The molecule has 0 atom stereocenters. The number of hydrogen-bond donors (Lipinski definition) is 0.